The third-order valence-electron chi connectivity index (χ3n) is 3.92. The summed E-state index contributed by atoms with van der Waals surface area (Å²) in [4.78, 5) is 12.2. The van der Waals surface area contributed by atoms with Crippen LogP contribution in [0, 0.1) is 12.8 Å². The minimum Gasteiger partial charge on any atom is -0.493 e. The Morgan fingerprint density at radius 2 is 2.36 bits per heavy atom. The molecule has 2 rings (SSSR count). The van der Waals surface area contributed by atoms with Crippen LogP contribution in [0.3, 0.4) is 0 Å². The zero-order valence-electron chi connectivity index (χ0n) is 13.3. The second-order valence-corrected chi connectivity index (χ2v) is 5.75. The highest BCUT2D eigenvalue weighted by molar-refractivity contribution is 5.94. The number of hydrogen-bond acceptors (Lipinski definition) is 4. The van der Waals surface area contributed by atoms with Crippen molar-refractivity contribution in [2.24, 2.45) is 11.7 Å². The van der Waals surface area contributed by atoms with Crippen LogP contribution in [0.2, 0.25) is 0 Å². The van der Waals surface area contributed by atoms with Crippen LogP contribution in [-0.4, -0.2) is 38.8 Å². The third kappa shape index (κ3) is 5.00. The van der Waals surface area contributed by atoms with Crippen molar-refractivity contribution in [2.45, 2.75) is 26.2 Å². The van der Waals surface area contributed by atoms with E-state index < -0.39 is 0 Å². The van der Waals surface area contributed by atoms with Crippen LogP contribution in [0.15, 0.2) is 18.2 Å². The number of nitrogens with two attached hydrogens (primary N) is 1. The standard InChI is InChI=1S/C17H26N2O3/c1-13-3-4-15(11-16(13)22-9-2-7-18)17(20)19-8-5-14-6-10-21-12-14/h3-4,11,14H,2,5-10,12,18H2,1H3,(H,19,20)/t14-/m0/s1. The van der Waals surface area contributed by atoms with Gasteiger partial charge >= 0.3 is 0 Å². The number of rotatable bonds is 8. The second-order valence-electron chi connectivity index (χ2n) is 5.75. The van der Waals surface area contributed by atoms with Crippen molar-refractivity contribution in [3.63, 3.8) is 0 Å². The molecule has 1 heterocycles. The molecule has 0 spiro atoms. The van der Waals surface area contributed by atoms with Crippen LogP contribution in [0.25, 0.3) is 0 Å². The largest absolute Gasteiger partial charge is 0.493 e. The van der Waals surface area contributed by atoms with Crippen LogP contribution < -0.4 is 15.8 Å². The minimum absolute atomic E-state index is 0.0532. The maximum absolute atomic E-state index is 12.2. The summed E-state index contributed by atoms with van der Waals surface area (Å²) in [6.45, 7) is 5.50. The van der Waals surface area contributed by atoms with Crippen LogP contribution in [0.4, 0.5) is 0 Å². The van der Waals surface area contributed by atoms with E-state index in [0.29, 0.717) is 31.2 Å². The number of carbonyl (C=O) groups is 1. The number of aryl methyl sites for hydroxylation is 1. The van der Waals surface area contributed by atoms with Gasteiger partial charge in [-0.3, -0.25) is 4.79 Å². The Balaban J connectivity index is 1.84. The lowest BCUT2D eigenvalue weighted by atomic mass is 10.1. The molecule has 1 aliphatic rings. The number of benzene rings is 1. The Morgan fingerprint density at radius 1 is 1.50 bits per heavy atom. The van der Waals surface area contributed by atoms with Crippen molar-refractivity contribution >= 4 is 5.91 Å². The van der Waals surface area contributed by atoms with Crippen LogP contribution >= 0.6 is 0 Å². The third-order valence-corrected chi connectivity index (χ3v) is 3.92. The second kappa shape index (κ2) is 8.76. The molecule has 1 saturated heterocycles. The Hall–Kier alpha value is -1.59. The van der Waals surface area contributed by atoms with E-state index in [1.54, 1.807) is 6.07 Å². The summed E-state index contributed by atoms with van der Waals surface area (Å²) >= 11 is 0. The highest BCUT2D eigenvalue weighted by Crippen LogP contribution is 2.20. The molecule has 122 valence electrons. The van der Waals surface area contributed by atoms with Gasteiger partial charge in [0.25, 0.3) is 5.91 Å². The molecule has 0 radical (unpaired) electrons. The zero-order chi connectivity index (χ0) is 15.8. The van der Waals surface area contributed by atoms with Crippen molar-refractivity contribution in [3.05, 3.63) is 29.3 Å². The first-order valence-corrected chi connectivity index (χ1v) is 8.00. The van der Waals surface area contributed by atoms with Crippen molar-refractivity contribution in [3.8, 4) is 5.75 Å². The molecule has 1 atom stereocenters. The lowest BCUT2D eigenvalue weighted by molar-refractivity contribution is 0.0950. The topological polar surface area (TPSA) is 73.6 Å². The zero-order valence-corrected chi connectivity index (χ0v) is 13.3. The average molecular weight is 306 g/mol. The van der Waals surface area contributed by atoms with E-state index in [1.165, 1.54) is 0 Å². The molecule has 0 saturated carbocycles. The van der Waals surface area contributed by atoms with Crippen molar-refractivity contribution in [1.82, 2.24) is 5.32 Å². The predicted octanol–water partition coefficient (Wildman–Crippen LogP) is 1.88. The molecule has 3 N–H and O–H groups in total. The van der Waals surface area contributed by atoms with Gasteiger partial charge < -0.3 is 20.5 Å². The normalized spacial score (nSPS) is 17.5. The molecule has 0 unspecified atom stereocenters. The van der Waals surface area contributed by atoms with Crippen molar-refractivity contribution in [1.29, 1.82) is 0 Å². The van der Waals surface area contributed by atoms with Gasteiger partial charge in [-0.1, -0.05) is 6.07 Å². The molecule has 1 amide bonds. The highest BCUT2D eigenvalue weighted by Gasteiger charge is 2.16. The quantitative estimate of drug-likeness (QED) is 0.719. The molecule has 0 aromatic heterocycles. The highest BCUT2D eigenvalue weighted by atomic mass is 16.5. The summed E-state index contributed by atoms with van der Waals surface area (Å²) in [5, 5.41) is 2.97. The molecule has 1 aromatic rings. The first-order valence-electron chi connectivity index (χ1n) is 8.00. The summed E-state index contributed by atoms with van der Waals surface area (Å²) in [5.74, 6) is 1.28. The fourth-order valence-electron chi connectivity index (χ4n) is 2.47. The number of carbonyl (C=O) groups excluding carboxylic acids is 1. The fraction of sp³-hybridized carbons (Fsp3) is 0.588. The maximum atomic E-state index is 12.2. The van der Waals surface area contributed by atoms with Gasteiger partial charge in [0, 0.05) is 25.3 Å². The number of ether oxygens (including phenoxy) is 2. The summed E-state index contributed by atoms with van der Waals surface area (Å²) < 4.78 is 11.0. The molecular formula is C17H26N2O3. The van der Waals surface area contributed by atoms with Crippen LogP contribution in [-0.2, 0) is 4.74 Å². The predicted molar refractivity (Wildman–Crippen MR) is 86.2 cm³/mol. The summed E-state index contributed by atoms with van der Waals surface area (Å²) in [6, 6.07) is 5.55. The smallest absolute Gasteiger partial charge is 0.251 e. The van der Waals surface area contributed by atoms with E-state index in [1.807, 2.05) is 19.1 Å². The Morgan fingerprint density at radius 3 is 3.09 bits per heavy atom. The SMILES string of the molecule is Cc1ccc(C(=O)NCC[C@H]2CCOC2)cc1OCCCN. The van der Waals surface area contributed by atoms with Gasteiger partial charge in [-0.15, -0.1) is 0 Å². The van der Waals surface area contributed by atoms with Crippen molar-refractivity contribution < 1.29 is 14.3 Å². The number of hydrogen-bond donors (Lipinski definition) is 2. The van der Waals surface area contributed by atoms with Gasteiger partial charge in [0.05, 0.1) is 6.61 Å². The Labute approximate surface area is 132 Å². The molecule has 5 nitrogen and oxygen atoms in total. The van der Waals surface area contributed by atoms with Gasteiger partial charge in [0.2, 0.25) is 0 Å². The van der Waals surface area contributed by atoms with Gasteiger partial charge in [0.15, 0.2) is 0 Å². The molecule has 1 fully saturated rings. The molecule has 0 aliphatic carbocycles. The van der Waals surface area contributed by atoms with Gasteiger partial charge in [-0.2, -0.15) is 0 Å². The summed E-state index contributed by atoms with van der Waals surface area (Å²) in [7, 11) is 0. The molecule has 0 bridgehead atoms. The maximum Gasteiger partial charge on any atom is 0.251 e. The molecular weight excluding hydrogens is 280 g/mol. The lowest BCUT2D eigenvalue weighted by Crippen LogP contribution is -2.26. The van der Waals surface area contributed by atoms with Crippen LogP contribution in [0.5, 0.6) is 5.75 Å². The molecule has 22 heavy (non-hydrogen) atoms. The lowest BCUT2D eigenvalue weighted by Gasteiger charge is -2.12. The van der Waals surface area contributed by atoms with Gasteiger partial charge in [-0.25, -0.2) is 0 Å². The monoisotopic (exact) mass is 306 g/mol. The van der Waals surface area contributed by atoms with Crippen molar-refractivity contribution in [2.75, 3.05) is 32.9 Å². The van der Waals surface area contributed by atoms with Gasteiger partial charge in [0.1, 0.15) is 5.75 Å². The Bertz CT molecular complexity index is 485. The molecule has 5 heteroatoms. The molecule has 1 aromatic carbocycles. The first kappa shape index (κ1) is 16.8. The van der Waals surface area contributed by atoms with E-state index in [-0.39, 0.29) is 5.91 Å². The Kier molecular flexibility index (Phi) is 6.68. The van der Waals surface area contributed by atoms with E-state index in [0.717, 1.165) is 43.8 Å². The summed E-state index contributed by atoms with van der Waals surface area (Å²) in [5.41, 5.74) is 7.12. The van der Waals surface area contributed by atoms with E-state index in [2.05, 4.69) is 5.32 Å². The average Bonchev–Trinajstić information content (AvgIpc) is 3.02. The number of amides is 1. The fourth-order valence-corrected chi connectivity index (χ4v) is 2.47. The van der Waals surface area contributed by atoms with E-state index in [9.17, 15) is 4.79 Å². The van der Waals surface area contributed by atoms with E-state index in [4.69, 9.17) is 15.2 Å². The van der Waals surface area contributed by atoms with Gasteiger partial charge in [-0.05, 0) is 56.3 Å². The number of nitrogens with one attached hydrogen (secondary N) is 1. The van der Waals surface area contributed by atoms with Crippen LogP contribution in [0.1, 0.15) is 35.2 Å². The van der Waals surface area contributed by atoms with E-state index >= 15 is 0 Å². The summed E-state index contributed by atoms with van der Waals surface area (Å²) in [6.07, 6.45) is 2.87. The molecule has 1 aliphatic heterocycles. The first-order chi connectivity index (χ1) is 10.7. The minimum atomic E-state index is -0.0532.